The topological polar surface area (TPSA) is 122 Å². The minimum absolute atomic E-state index is 0.0963. The van der Waals surface area contributed by atoms with Gasteiger partial charge in [0, 0.05) is 43.6 Å². The van der Waals surface area contributed by atoms with Gasteiger partial charge in [-0.1, -0.05) is 0 Å². The smallest absolute Gasteiger partial charge is 0.261 e. The lowest BCUT2D eigenvalue weighted by Crippen LogP contribution is -2.34. The summed E-state index contributed by atoms with van der Waals surface area (Å²) >= 11 is 1.49. The maximum atomic E-state index is 13.1. The van der Waals surface area contributed by atoms with Crippen molar-refractivity contribution in [2.75, 3.05) is 38.2 Å². The predicted octanol–water partition coefficient (Wildman–Crippen LogP) is 2.24. The van der Waals surface area contributed by atoms with Gasteiger partial charge in [0.2, 0.25) is 5.91 Å². The number of carbonyl (C=O) groups is 1. The number of hydrogen-bond acceptors (Lipinski definition) is 8. The quantitative estimate of drug-likeness (QED) is 0.385. The number of fused-ring (bicyclic) bond motifs is 5. The van der Waals surface area contributed by atoms with E-state index in [0.29, 0.717) is 34.2 Å². The van der Waals surface area contributed by atoms with E-state index in [9.17, 15) is 9.59 Å². The molecule has 1 atom stereocenters. The third kappa shape index (κ3) is 3.52. The van der Waals surface area contributed by atoms with Crippen LogP contribution in [-0.2, 0) is 16.6 Å². The number of hydrogen-bond donors (Lipinski definition) is 2. The Morgan fingerprint density at radius 1 is 1.28 bits per heavy atom. The summed E-state index contributed by atoms with van der Waals surface area (Å²) in [4.78, 5) is 37.2. The molecule has 7 rings (SSSR count). The van der Waals surface area contributed by atoms with E-state index in [1.54, 1.807) is 27.7 Å². The maximum Gasteiger partial charge on any atom is 0.261 e. The van der Waals surface area contributed by atoms with Crippen molar-refractivity contribution in [3.8, 4) is 10.4 Å². The SMILES string of the molecule is Cn1cc(-c2cn3nc4c5ncc(NC(=O)CN6CCC7(CCOC7)C6)cc5[nH]c(=O)c4c3s2)cn1. The monoisotopic (exact) mass is 504 g/mol. The summed E-state index contributed by atoms with van der Waals surface area (Å²) in [7, 11) is 1.87. The molecule has 12 heteroatoms. The number of likely N-dealkylation sites (tertiary alicyclic amines) is 1. The molecule has 0 saturated carbocycles. The molecule has 0 bridgehead atoms. The van der Waals surface area contributed by atoms with E-state index < -0.39 is 0 Å². The number of anilines is 1. The van der Waals surface area contributed by atoms with Gasteiger partial charge in [-0.3, -0.25) is 24.2 Å². The molecule has 2 aliphatic heterocycles. The minimum atomic E-state index is -0.237. The molecule has 0 aromatic carbocycles. The first-order valence-electron chi connectivity index (χ1n) is 11.9. The van der Waals surface area contributed by atoms with E-state index in [-0.39, 0.29) is 16.9 Å². The maximum absolute atomic E-state index is 13.1. The molecule has 5 aromatic heterocycles. The van der Waals surface area contributed by atoms with E-state index in [2.05, 4.69) is 30.4 Å². The summed E-state index contributed by atoms with van der Waals surface area (Å²) < 4.78 is 9.04. The number of aryl methyl sites for hydroxylation is 1. The van der Waals surface area contributed by atoms with Gasteiger partial charge in [-0.05, 0) is 25.5 Å². The zero-order chi connectivity index (χ0) is 24.4. The second-order valence-corrected chi connectivity index (χ2v) is 10.9. The van der Waals surface area contributed by atoms with E-state index in [1.807, 2.05) is 19.4 Å². The number of ether oxygens (including phenoxy) is 1. The van der Waals surface area contributed by atoms with Crippen LogP contribution in [0.25, 0.3) is 37.2 Å². The number of aromatic nitrogens is 6. The minimum Gasteiger partial charge on any atom is -0.381 e. The van der Waals surface area contributed by atoms with Crippen molar-refractivity contribution >= 4 is 49.7 Å². The summed E-state index contributed by atoms with van der Waals surface area (Å²) in [6, 6.07) is 1.74. The largest absolute Gasteiger partial charge is 0.381 e. The van der Waals surface area contributed by atoms with E-state index in [0.717, 1.165) is 54.4 Å². The third-order valence-electron chi connectivity index (χ3n) is 7.24. The van der Waals surface area contributed by atoms with Crippen molar-refractivity contribution in [3.63, 3.8) is 0 Å². The molecule has 1 amide bonds. The average Bonchev–Trinajstić information content (AvgIpc) is 3.64. The van der Waals surface area contributed by atoms with Crippen LogP contribution in [0.15, 0.2) is 35.6 Å². The number of amides is 1. The third-order valence-corrected chi connectivity index (χ3v) is 8.39. The number of pyridine rings is 2. The molecule has 0 aliphatic carbocycles. The highest BCUT2D eigenvalue weighted by Crippen LogP contribution is 2.38. The Morgan fingerprint density at radius 2 is 2.19 bits per heavy atom. The molecule has 184 valence electrons. The zero-order valence-corrected chi connectivity index (χ0v) is 20.5. The number of carbonyl (C=O) groups excluding carboxylic acids is 1. The molecular formula is C24H24N8O3S. The van der Waals surface area contributed by atoms with Crippen LogP contribution in [0.1, 0.15) is 12.8 Å². The number of rotatable bonds is 4. The van der Waals surface area contributed by atoms with Crippen LogP contribution in [0.3, 0.4) is 0 Å². The van der Waals surface area contributed by atoms with Crippen molar-refractivity contribution in [1.29, 1.82) is 0 Å². The van der Waals surface area contributed by atoms with Crippen LogP contribution in [-0.4, -0.2) is 73.0 Å². The molecular weight excluding hydrogens is 480 g/mol. The highest BCUT2D eigenvalue weighted by atomic mass is 32.1. The fourth-order valence-corrected chi connectivity index (χ4v) is 6.50. The lowest BCUT2D eigenvalue weighted by Gasteiger charge is -2.21. The van der Waals surface area contributed by atoms with E-state index in [4.69, 9.17) is 4.74 Å². The molecule has 1 unspecified atom stereocenters. The van der Waals surface area contributed by atoms with E-state index in [1.165, 1.54) is 11.3 Å². The van der Waals surface area contributed by atoms with Crippen LogP contribution in [0, 0.1) is 5.41 Å². The van der Waals surface area contributed by atoms with Crippen molar-refractivity contribution in [2.45, 2.75) is 12.8 Å². The summed E-state index contributed by atoms with van der Waals surface area (Å²) in [5, 5.41) is 12.3. The molecule has 5 aromatic rings. The molecule has 1 spiro atoms. The van der Waals surface area contributed by atoms with Gasteiger partial charge in [-0.15, -0.1) is 11.3 Å². The number of nitrogens with zero attached hydrogens (tertiary/aromatic N) is 6. The summed E-state index contributed by atoms with van der Waals surface area (Å²) in [6.07, 6.45) is 9.36. The van der Waals surface area contributed by atoms with Gasteiger partial charge in [-0.2, -0.15) is 10.2 Å². The van der Waals surface area contributed by atoms with Crippen LogP contribution < -0.4 is 10.9 Å². The highest BCUT2D eigenvalue weighted by Gasteiger charge is 2.41. The molecule has 36 heavy (non-hydrogen) atoms. The zero-order valence-electron chi connectivity index (χ0n) is 19.7. The first-order chi connectivity index (χ1) is 17.5. The second-order valence-electron chi connectivity index (χ2n) is 9.86. The Labute approximate surface area is 208 Å². The van der Waals surface area contributed by atoms with Crippen molar-refractivity contribution < 1.29 is 9.53 Å². The van der Waals surface area contributed by atoms with Crippen LogP contribution in [0.2, 0.25) is 0 Å². The molecule has 11 nitrogen and oxygen atoms in total. The van der Waals surface area contributed by atoms with Gasteiger partial charge in [0.25, 0.3) is 5.56 Å². The normalized spacial score (nSPS) is 20.5. The number of thiazole rings is 1. The predicted molar refractivity (Wildman–Crippen MR) is 136 cm³/mol. The van der Waals surface area contributed by atoms with Crippen LogP contribution >= 0.6 is 11.3 Å². The molecule has 2 N–H and O–H groups in total. The molecule has 0 radical (unpaired) electrons. The van der Waals surface area contributed by atoms with Gasteiger partial charge >= 0.3 is 0 Å². The van der Waals surface area contributed by atoms with Crippen LogP contribution in [0.4, 0.5) is 5.69 Å². The molecule has 2 aliphatic rings. The van der Waals surface area contributed by atoms with Crippen molar-refractivity contribution in [3.05, 3.63) is 41.2 Å². The number of aromatic amines is 1. The number of H-pyrrole nitrogens is 1. The first-order valence-corrected chi connectivity index (χ1v) is 12.7. The Morgan fingerprint density at radius 3 is 3.00 bits per heavy atom. The Balaban J connectivity index is 1.15. The second kappa shape index (κ2) is 7.95. The Bertz CT molecular complexity index is 1710. The highest BCUT2D eigenvalue weighted by molar-refractivity contribution is 7.21. The standard InChI is InChI=1S/C24H24N8O3S/c1-30-9-14(7-26-30)17-10-32-23(36-17)19-21(29-32)20-16(28-22(19)34)6-15(8-25-20)27-18(33)11-31-4-2-24(12-31)3-5-35-13-24/h6-10H,2-5,11-13H2,1H3,(H,27,33)(H,28,34). The van der Waals surface area contributed by atoms with E-state index >= 15 is 0 Å². The lowest BCUT2D eigenvalue weighted by atomic mass is 9.87. The van der Waals surface area contributed by atoms with Crippen molar-refractivity contribution in [1.82, 2.24) is 34.3 Å². The van der Waals surface area contributed by atoms with Gasteiger partial charge in [0.05, 0.1) is 41.6 Å². The molecule has 2 saturated heterocycles. The Kier molecular flexibility index (Phi) is 4.78. The van der Waals surface area contributed by atoms with Gasteiger partial charge in [0.1, 0.15) is 21.3 Å². The average molecular weight is 505 g/mol. The first kappa shape index (κ1) is 21.7. The Hall–Kier alpha value is -3.61. The lowest BCUT2D eigenvalue weighted by molar-refractivity contribution is -0.117. The van der Waals surface area contributed by atoms with Gasteiger partial charge in [-0.25, -0.2) is 4.52 Å². The van der Waals surface area contributed by atoms with Crippen LogP contribution in [0.5, 0.6) is 0 Å². The molecule has 2 fully saturated rings. The molecule has 7 heterocycles. The summed E-state index contributed by atoms with van der Waals surface area (Å²) in [6.45, 7) is 3.72. The fourth-order valence-electron chi connectivity index (χ4n) is 5.44. The fraction of sp³-hybridized carbons (Fsp3) is 0.375. The number of nitrogens with one attached hydrogen (secondary N) is 2. The summed E-state index contributed by atoms with van der Waals surface area (Å²) in [5.41, 5.74) is 3.15. The van der Waals surface area contributed by atoms with Gasteiger partial charge in [0.15, 0.2) is 0 Å². The van der Waals surface area contributed by atoms with Gasteiger partial charge < -0.3 is 15.0 Å². The van der Waals surface area contributed by atoms with Crippen molar-refractivity contribution in [2.24, 2.45) is 12.5 Å². The summed E-state index contributed by atoms with van der Waals surface area (Å²) in [5.74, 6) is -0.0963.